The molecule has 1 rings (SSSR count). The second-order valence-corrected chi connectivity index (χ2v) is 2.31. The van der Waals surface area contributed by atoms with Crippen LogP contribution in [-0.2, 0) is 4.79 Å². The summed E-state index contributed by atoms with van der Waals surface area (Å²) in [7, 11) is 0. The average molecular weight is 115 g/mol. The predicted molar refractivity (Wildman–Crippen MR) is 28.7 cm³/mol. The summed E-state index contributed by atoms with van der Waals surface area (Å²) in [4.78, 5) is 10.2. The molecule has 0 amide bonds. The summed E-state index contributed by atoms with van der Waals surface area (Å²) in [6.07, 6.45) is 0.752. The molecule has 0 saturated carbocycles. The van der Waals surface area contributed by atoms with Crippen molar-refractivity contribution in [3.8, 4) is 0 Å². The van der Waals surface area contributed by atoms with E-state index in [-0.39, 0.29) is 0 Å². The molecule has 46 valence electrons. The zero-order valence-corrected chi connectivity index (χ0v) is 4.77. The lowest BCUT2D eigenvalue weighted by molar-refractivity contribution is -0.147. The van der Waals surface area contributed by atoms with Gasteiger partial charge in [0.15, 0.2) is 0 Å². The molecule has 0 aromatic heterocycles. The van der Waals surface area contributed by atoms with Crippen LogP contribution in [0.5, 0.6) is 0 Å². The van der Waals surface area contributed by atoms with Crippen LogP contribution in [0.25, 0.3) is 0 Å². The largest absolute Gasteiger partial charge is 0.480 e. The van der Waals surface area contributed by atoms with Gasteiger partial charge >= 0.3 is 5.97 Å². The van der Waals surface area contributed by atoms with Gasteiger partial charge in [0.1, 0.15) is 5.54 Å². The number of rotatable bonds is 1. The SMILES string of the molecule is CC1(C(=O)O)CCN1. The van der Waals surface area contributed by atoms with E-state index in [1.54, 1.807) is 6.92 Å². The summed E-state index contributed by atoms with van der Waals surface area (Å²) < 4.78 is 0. The fourth-order valence-corrected chi connectivity index (χ4v) is 0.683. The van der Waals surface area contributed by atoms with Gasteiger partial charge in [0.05, 0.1) is 0 Å². The van der Waals surface area contributed by atoms with Crippen molar-refractivity contribution in [3.05, 3.63) is 0 Å². The fourth-order valence-electron chi connectivity index (χ4n) is 0.683. The van der Waals surface area contributed by atoms with E-state index in [2.05, 4.69) is 5.32 Å². The average Bonchev–Trinajstić information content (AvgIpc) is 1.60. The van der Waals surface area contributed by atoms with Gasteiger partial charge in [0.25, 0.3) is 0 Å². The van der Waals surface area contributed by atoms with Gasteiger partial charge in [-0.05, 0) is 19.9 Å². The van der Waals surface area contributed by atoms with E-state index in [0.29, 0.717) is 0 Å². The molecule has 1 fully saturated rings. The number of hydrogen-bond acceptors (Lipinski definition) is 2. The summed E-state index contributed by atoms with van der Waals surface area (Å²) in [5, 5.41) is 11.3. The quantitative estimate of drug-likeness (QED) is 0.498. The van der Waals surface area contributed by atoms with Crippen LogP contribution in [0.1, 0.15) is 13.3 Å². The molecular formula is C5H9NO2. The summed E-state index contributed by atoms with van der Waals surface area (Å²) in [6, 6.07) is 0. The molecular weight excluding hydrogens is 106 g/mol. The number of carboxylic acid groups (broad SMARTS) is 1. The number of nitrogens with one attached hydrogen (secondary N) is 1. The van der Waals surface area contributed by atoms with Gasteiger partial charge in [-0.3, -0.25) is 4.79 Å². The Morgan fingerprint density at radius 1 is 1.88 bits per heavy atom. The maximum atomic E-state index is 10.2. The number of aliphatic carboxylic acids is 1. The molecule has 0 aromatic rings. The van der Waals surface area contributed by atoms with Crippen molar-refractivity contribution < 1.29 is 9.90 Å². The molecule has 2 N–H and O–H groups in total. The Kier molecular flexibility index (Phi) is 1.01. The third-order valence-corrected chi connectivity index (χ3v) is 1.61. The van der Waals surface area contributed by atoms with Crippen molar-refractivity contribution in [2.24, 2.45) is 0 Å². The van der Waals surface area contributed by atoms with Crippen LogP contribution in [0.2, 0.25) is 0 Å². The molecule has 0 bridgehead atoms. The molecule has 0 aliphatic carbocycles. The minimum absolute atomic E-state index is 0.611. The second kappa shape index (κ2) is 1.45. The van der Waals surface area contributed by atoms with Gasteiger partial charge in [0.2, 0.25) is 0 Å². The predicted octanol–water partition coefficient (Wildman–Crippen LogP) is -0.177. The van der Waals surface area contributed by atoms with Gasteiger partial charge in [0, 0.05) is 0 Å². The summed E-state index contributed by atoms with van der Waals surface area (Å²) >= 11 is 0. The number of carboxylic acids is 1. The van der Waals surface area contributed by atoms with E-state index in [4.69, 9.17) is 5.11 Å². The van der Waals surface area contributed by atoms with Crippen molar-refractivity contribution in [2.75, 3.05) is 6.54 Å². The molecule has 0 radical (unpaired) electrons. The zero-order valence-electron chi connectivity index (χ0n) is 4.77. The van der Waals surface area contributed by atoms with Crippen LogP contribution in [0.3, 0.4) is 0 Å². The maximum absolute atomic E-state index is 10.2. The Morgan fingerprint density at radius 3 is 2.38 bits per heavy atom. The van der Waals surface area contributed by atoms with Crippen LogP contribution in [0.4, 0.5) is 0 Å². The van der Waals surface area contributed by atoms with E-state index in [0.717, 1.165) is 13.0 Å². The lowest BCUT2D eigenvalue weighted by atomic mass is 9.91. The first-order valence-corrected chi connectivity index (χ1v) is 2.63. The first-order chi connectivity index (χ1) is 3.65. The van der Waals surface area contributed by atoms with Gasteiger partial charge in [-0.1, -0.05) is 0 Å². The van der Waals surface area contributed by atoms with Crippen molar-refractivity contribution in [3.63, 3.8) is 0 Å². The first kappa shape index (κ1) is 5.56. The van der Waals surface area contributed by atoms with Crippen molar-refractivity contribution in [1.29, 1.82) is 0 Å². The monoisotopic (exact) mass is 115 g/mol. The fraction of sp³-hybridized carbons (Fsp3) is 0.800. The van der Waals surface area contributed by atoms with Crippen LogP contribution in [0.15, 0.2) is 0 Å². The molecule has 3 heteroatoms. The lowest BCUT2D eigenvalue weighted by Gasteiger charge is -2.35. The highest BCUT2D eigenvalue weighted by molar-refractivity contribution is 5.79. The Bertz CT molecular complexity index is 118. The smallest absolute Gasteiger partial charge is 0.323 e. The first-order valence-electron chi connectivity index (χ1n) is 2.63. The van der Waals surface area contributed by atoms with Gasteiger partial charge < -0.3 is 10.4 Å². The van der Waals surface area contributed by atoms with Gasteiger partial charge in [-0.15, -0.1) is 0 Å². The summed E-state index contributed by atoms with van der Waals surface area (Å²) in [6.45, 7) is 2.53. The standard InChI is InChI=1S/C5H9NO2/c1-5(4(7)8)2-3-6-5/h6H,2-3H2,1H3,(H,7,8). The van der Waals surface area contributed by atoms with Gasteiger partial charge in [-0.2, -0.15) is 0 Å². The van der Waals surface area contributed by atoms with Crippen LogP contribution < -0.4 is 5.32 Å². The van der Waals surface area contributed by atoms with Crippen LogP contribution in [-0.4, -0.2) is 23.2 Å². The second-order valence-electron chi connectivity index (χ2n) is 2.31. The number of hydrogen-bond donors (Lipinski definition) is 2. The normalized spacial score (nSPS) is 36.1. The van der Waals surface area contributed by atoms with E-state index in [1.165, 1.54) is 0 Å². The van der Waals surface area contributed by atoms with Crippen LogP contribution in [0, 0.1) is 0 Å². The minimum atomic E-state index is -0.747. The Hall–Kier alpha value is -0.570. The lowest BCUT2D eigenvalue weighted by Crippen LogP contribution is -2.59. The van der Waals surface area contributed by atoms with Crippen molar-refractivity contribution in [2.45, 2.75) is 18.9 Å². The summed E-state index contributed by atoms with van der Waals surface area (Å²) in [5.41, 5.74) is -0.611. The molecule has 1 atom stereocenters. The Balaban J connectivity index is 2.53. The molecule has 1 saturated heterocycles. The van der Waals surface area contributed by atoms with Crippen molar-refractivity contribution in [1.82, 2.24) is 5.32 Å². The maximum Gasteiger partial charge on any atom is 0.323 e. The molecule has 0 spiro atoms. The molecule has 1 aliphatic heterocycles. The van der Waals surface area contributed by atoms with E-state index >= 15 is 0 Å². The topological polar surface area (TPSA) is 49.3 Å². The Morgan fingerprint density at radius 2 is 2.38 bits per heavy atom. The Labute approximate surface area is 47.7 Å². The summed E-state index contributed by atoms with van der Waals surface area (Å²) in [5.74, 6) is -0.747. The highest BCUT2D eigenvalue weighted by atomic mass is 16.4. The van der Waals surface area contributed by atoms with E-state index in [1.807, 2.05) is 0 Å². The molecule has 0 aromatic carbocycles. The molecule has 1 unspecified atom stereocenters. The highest BCUT2D eigenvalue weighted by Gasteiger charge is 2.38. The van der Waals surface area contributed by atoms with Gasteiger partial charge in [-0.25, -0.2) is 0 Å². The van der Waals surface area contributed by atoms with E-state index < -0.39 is 11.5 Å². The van der Waals surface area contributed by atoms with Crippen molar-refractivity contribution >= 4 is 5.97 Å². The number of carbonyl (C=O) groups is 1. The molecule has 3 nitrogen and oxygen atoms in total. The minimum Gasteiger partial charge on any atom is -0.480 e. The zero-order chi connectivity index (χ0) is 6.20. The molecule has 8 heavy (non-hydrogen) atoms. The molecule has 1 heterocycles. The van der Waals surface area contributed by atoms with Crippen LogP contribution >= 0.6 is 0 Å². The van der Waals surface area contributed by atoms with E-state index in [9.17, 15) is 4.79 Å². The molecule has 1 aliphatic rings. The third kappa shape index (κ3) is 0.591. The third-order valence-electron chi connectivity index (χ3n) is 1.61. The highest BCUT2D eigenvalue weighted by Crippen LogP contribution is 2.16.